The van der Waals surface area contributed by atoms with Crippen molar-refractivity contribution in [1.82, 2.24) is 15.5 Å². The summed E-state index contributed by atoms with van der Waals surface area (Å²) in [6.07, 6.45) is -0.131. The Morgan fingerprint density at radius 3 is 2.75 bits per heavy atom. The van der Waals surface area contributed by atoms with E-state index in [4.69, 9.17) is 14.2 Å². The molecule has 1 fully saturated rings. The molecule has 0 radical (unpaired) electrons. The number of aromatic nitrogens is 2. The summed E-state index contributed by atoms with van der Waals surface area (Å²) in [5, 5.41) is 10.8. The maximum absolute atomic E-state index is 13.0. The molecule has 150 valence electrons. The molecule has 1 unspecified atom stereocenters. The lowest BCUT2D eigenvalue weighted by molar-refractivity contribution is -0.125. The van der Waals surface area contributed by atoms with Crippen molar-refractivity contribution < 1.29 is 23.4 Å². The number of ether oxygens (including phenoxy) is 3. The summed E-state index contributed by atoms with van der Waals surface area (Å²) < 4.78 is 29.0. The van der Waals surface area contributed by atoms with Crippen molar-refractivity contribution in [2.45, 2.75) is 12.6 Å². The van der Waals surface area contributed by atoms with Crippen molar-refractivity contribution in [2.24, 2.45) is 0 Å². The van der Waals surface area contributed by atoms with Crippen LogP contribution in [0.25, 0.3) is 0 Å². The number of benzene rings is 1. The highest BCUT2D eigenvalue weighted by atomic mass is 19.1. The molecular formula is C19H23FN4O4. The molecule has 28 heavy (non-hydrogen) atoms. The monoisotopic (exact) mass is 390 g/mol. The van der Waals surface area contributed by atoms with E-state index in [0.29, 0.717) is 38.7 Å². The zero-order valence-corrected chi connectivity index (χ0v) is 15.6. The van der Waals surface area contributed by atoms with Crippen LogP contribution in [-0.2, 0) is 20.8 Å². The molecule has 0 saturated carbocycles. The quantitative estimate of drug-likeness (QED) is 0.724. The number of carbonyl (C=O) groups excluding carboxylic acids is 1. The minimum atomic E-state index is -0.270. The first-order chi connectivity index (χ1) is 13.6. The standard InChI is InChI=1S/C19H23FN4O4/c1-24(11-14-2-4-15(20)5-3-14)17-6-7-19(23-22-17)28-13-18(25)21-10-16-12-26-8-9-27-16/h2-7,16H,8-13H2,1H3,(H,21,25). The molecule has 1 aromatic carbocycles. The van der Waals surface area contributed by atoms with Crippen molar-refractivity contribution in [1.29, 1.82) is 0 Å². The fourth-order valence-corrected chi connectivity index (χ4v) is 2.61. The van der Waals surface area contributed by atoms with Crippen molar-refractivity contribution in [3.05, 3.63) is 47.8 Å². The number of nitrogens with one attached hydrogen (secondary N) is 1. The van der Waals surface area contributed by atoms with Crippen molar-refractivity contribution in [3.63, 3.8) is 0 Å². The fourth-order valence-electron chi connectivity index (χ4n) is 2.61. The summed E-state index contributed by atoms with van der Waals surface area (Å²) in [7, 11) is 1.86. The SMILES string of the molecule is CN(Cc1ccc(F)cc1)c1ccc(OCC(=O)NCC2COCCO2)nn1. The van der Waals surface area contributed by atoms with Gasteiger partial charge in [0.1, 0.15) is 5.82 Å². The Morgan fingerprint density at radius 2 is 2.07 bits per heavy atom. The number of anilines is 1. The molecule has 0 bridgehead atoms. The highest BCUT2D eigenvalue weighted by Crippen LogP contribution is 2.14. The van der Waals surface area contributed by atoms with E-state index in [1.54, 1.807) is 24.3 Å². The number of nitrogens with zero attached hydrogens (tertiary/aromatic N) is 3. The normalized spacial score (nSPS) is 16.4. The van der Waals surface area contributed by atoms with Crippen molar-refractivity contribution in [2.75, 3.05) is 44.9 Å². The van der Waals surface area contributed by atoms with Gasteiger partial charge in [-0.2, -0.15) is 0 Å². The van der Waals surface area contributed by atoms with Gasteiger partial charge in [0.2, 0.25) is 5.88 Å². The Morgan fingerprint density at radius 1 is 1.25 bits per heavy atom. The third-order valence-electron chi connectivity index (χ3n) is 4.11. The van der Waals surface area contributed by atoms with Crippen LogP contribution in [0.5, 0.6) is 5.88 Å². The second-order valence-corrected chi connectivity index (χ2v) is 6.37. The van der Waals surface area contributed by atoms with Crippen LogP contribution in [0.1, 0.15) is 5.56 Å². The van der Waals surface area contributed by atoms with Crippen LogP contribution in [0.3, 0.4) is 0 Å². The van der Waals surface area contributed by atoms with E-state index in [2.05, 4.69) is 15.5 Å². The summed E-state index contributed by atoms with van der Waals surface area (Å²) in [6, 6.07) is 9.68. The first-order valence-corrected chi connectivity index (χ1v) is 8.98. The van der Waals surface area contributed by atoms with Gasteiger partial charge < -0.3 is 24.4 Å². The van der Waals surface area contributed by atoms with Crippen LogP contribution in [0.2, 0.25) is 0 Å². The first-order valence-electron chi connectivity index (χ1n) is 8.98. The largest absolute Gasteiger partial charge is 0.466 e. The summed E-state index contributed by atoms with van der Waals surface area (Å²) in [6.45, 7) is 2.37. The van der Waals surface area contributed by atoms with E-state index < -0.39 is 0 Å². The van der Waals surface area contributed by atoms with E-state index in [1.807, 2.05) is 11.9 Å². The van der Waals surface area contributed by atoms with Gasteiger partial charge in [-0.15, -0.1) is 10.2 Å². The molecule has 1 aliphatic heterocycles. The molecule has 1 atom stereocenters. The number of halogens is 1. The van der Waals surface area contributed by atoms with E-state index >= 15 is 0 Å². The van der Waals surface area contributed by atoms with Crippen molar-refractivity contribution in [3.8, 4) is 5.88 Å². The van der Waals surface area contributed by atoms with Gasteiger partial charge in [0.15, 0.2) is 12.4 Å². The maximum atomic E-state index is 13.0. The van der Waals surface area contributed by atoms with Crippen LogP contribution in [0, 0.1) is 5.82 Å². The van der Waals surface area contributed by atoms with Crippen LogP contribution in [-0.4, -0.2) is 62.2 Å². The van der Waals surface area contributed by atoms with Gasteiger partial charge in [-0.25, -0.2) is 4.39 Å². The van der Waals surface area contributed by atoms with Gasteiger partial charge in [0.25, 0.3) is 5.91 Å². The van der Waals surface area contributed by atoms with Gasteiger partial charge in [0.05, 0.1) is 25.9 Å². The fraction of sp³-hybridized carbons (Fsp3) is 0.421. The highest BCUT2D eigenvalue weighted by molar-refractivity contribution is 5.77. The van der Waals surface area contributed by atoms with E-state index in [9.17, 15) is 9.18 Å². The average molecular weight is 390 g/mol. The number of hydrogen-bond donors (Lipinski definition) is 1. The Kier molecular flexibility index (Phi) is 7.10. The number of carbonyl (C=O) groups is 1. The number of rotatable bonds is 8. The third-order valence-corrected chi connectivity index (χ3v) is 4.11. The lowest BCUT2D eigenvalue weighted by Crippen LogP contribution is -2.41. The Hall–Kier alpha value is -2.78. The molecule has 0 aliphatic carbocycles. The Labute approximate surface area is 162 Å². The Balaban J connectivity index is 1.42. The topological polar surface area (TPSA) is 85.8 Å². The molecular weight excluding hydrogens is 367 g/mol. The van der Waals surface area contributed by atoms with Crippen molar-refractivity contribution >= 4 is 11.7 Å². The van der Waals surface area contributed by atoms with E-state index in [-0.39, 0.29) is 30.3 Å². The predicted octanol–water partition coefficient (Wildman–Crippen LogP) is 1.16. The minimum absolute atomic E-state index is 0.131. The summed E-state index contributed by atoms with van der Waals surface area (Å²) >= 11 is 0. The van der Waals surface area contributed by atoms with Gasteiger partial charge >= 0.3 is 0 Å². The summed E-state index contributed by atoms with van der Waals surface area (Å²) in [4.78, 5) is 13.7. The van der Waals surface area contributed by atoms with Crippen LogP contribution >= 0.6 is 0 Å². The molecule has 2 heterocycles. The second-order valence-electron chi connectivity index (χ2n) is 6.37. The number of amides is 1. The number of hydrogen-bond acceptors (Lipinski definition) is 7. The molecule has 1 saturated heterocycles. The van der Waals surface area contributed by atoms with Crippen LogP contribution in [0.15, 0.2) is 36.4 Å². The maximum Gasteiger partial charge on any atom is 0.258 e. The lowest BCUT2D eigenvalue weighted by atomic mass is 10.2. The van der Waals surface area contributed by atoms with Gasteiger partial charge in [0, 0.05) is 26.2 Å². The molecule has 1 aromatic heterocycles. The van der Waals surface area contributed by atoms with Gasteiger partial charge in [-0.1, -0.05) is 12.1 Å². The smallest absolute Gasteiger partial charge is 0.258 e. The zero-order valence-electron chi connectivity index (χ0n) is 15.6. The average Bonchev–Trinajstić information content (AvgIpc) is 2.73. The first kappa shape index (κ1) is 20.0. The lowest BCUT2D eigenvalue weighted by Gasteiger charge is -2.23. The van der Waals surface area contributed by atoms with Gasteiger partial charge in [-0.3, -0.25) is 4.79 Å². The molecule has 9 heteroatoms. The van der Waals surface area contributed by atoms with Crippen LogP contribution < -0.4 is 15.0 Å². The second kappa shape index (κ2) is 9.95. The highest BCUT2D eigenvalue weighted by Gasteiger charge is 2.15. The molecule has 1 N–H and O–H groups in total. The van der Waals surface area contributed by atoms with Crippen LogP contribution in [0.4, 0.5) is 10.2 Å². The predicted molar refractivity (Wildman–Crippen MR) is 99.6 cm³/mol. The van der Waals surface area contributed by atoms with Gasteiger partial charge in [-0.05, 0) is 23.8 Å². The van der Waals surface area contributed by atoms with E-state index in [0.717, 1.165) is 5.56 Å². The van der Waals surface area contributed by atoms with E-state index in [1.165, 1.54) is 12.1 Å². The molecule has 3 rings (SSSR count). The molecule has 1 amide bonds. The molecule has 2 aromatic rings. The Bertz CT molecular complexity index is 752. The molecule has 0 spiro atoms. The zero-order chi connectivity index (χ0) is 19.8. The summed E-state index contributed by atoms with van der Waals surface area (Å²) in [5.41, 5.74) is 0.954. The molecule has 1 aliphatic rings. The minimum Gasteiger partial charge on any atom is -0.466 e. The third kappa shape index (κ3) is 6.14. The summed E-state index contributed by atoms with van der Waals surface area (Å²) in [5.74, 6) is 0.353. The molecule has 8 nitrogen and oxygen atoms in total.